The van der Waals surface area contributed by atoms with Gasteiger partial charge < -0.3 is 14.8 Å². The van der Waals surface area contributed by atoms with Gasteiger partial charge in [-0.25, -0.2) is 4.68 Å². The van der Waals surface area contributed by atoms with Gasteiger partial charge in [0, 0.05) is 24.8 Å². The summed E-state index contributed by atoms with van der Waals surface area (Å²) in [7, 11) is 0. The quantitative estimate of drug-likeness (QED) is 0.795. The highest BCUT2D eigenvalue weighted by Gasteiger charge is 2.51. The lowest BCUT2D eigenvalue weighted by Crippen LogP contribution is -2.48. The summed E-state index contributed by atoms with van der Waals surface area (Å²) in [6.45, 7) is 11.0. The molecule has 1 N–H and O–H groups in total. The van der Waals surface area contributed by atoms with Crippen LogP contribution in [0.3, 0.4) is 0 Å². The van der Waals surface area contributed by atoms with E-state index < -0.39 is 6.04 Å². The molecule has 2 atom stereocenters. The maximum absolute atomic E-state index is 13.3. The Labute approximate surface area is 161 Å². The number of likely N-dealkylation sites (tertiary alicyclic amines) is 1. The Kier molecular flexibility index (Phi) is 4.95. The number of aromatic nitrogens is 3. The van der Waals surface area contributed by atoms with Crippen LogP contribution in [0.4, 0.5) is 0 Å². The highest BCUT2D eigenvalue weighted by Crippen LogP contribution is 2.54. The van der Waals surface area contributed by atoms with Crippen LogP contribution >= 0.6 is 0 Å². The molecule has 1 aromatic rings. The number of carbonyl (C=O) groups is 2. The minimum atomic E-state index is -0.507. The van der Waals surface area contributed by atoms with Gasteiger partial charge in [-0.1, -0.05) is 39.8 Å². The lowest BCUT2D eigenvalue weighted by Gasteiger charge is -2.51. The summed E-state index contributed by atoms with van der Waals surface area (Å²) in [5.74, 6) is -0.0625. The summed E-state index contributed by atoms with van der Waals surface area (Å²) in [6.07, 6.45) is 6.05. The molecule has 150 valence electrons. The van der Waals surface area contributed by atoms with Crippen LogP contribution in [-0.4, -0.2) is 56.4 Å². The van der Waals surface area contributed by atoms with E-state index >= 15 is 0 Å². The van der Waals surface area contributed by atoms with Crippen molar-refractivity contribution in [3.8, 4) is 0 Å². The Bertz CT molecular complexity index is 715. The van der Waals surface area contributed by atoms with Crippen LogP contribution in [0.5, 0.6) is 0 Å². The molecule has 0 spiro atoms. The van der Waals surface area contributed by atoms with Gasteiger partial charge in [-0.05, 0) is 36.5 Å². The van der Waals surface area contributed by atoms with E-state index in [2.05, 4.69) is 24.2 Å². The molecule has 1 aliphatic heterocycles. The zero-order valence-corrected chi connectivity index (χ0v) is 17.1. The second kappa shape index (κ2) is 6.69. The second-order valence-corrected chi connectivity index (χ2v) is 10.1. The molecule has 2 heterocycles. The first-order valence-electron chi connectivity index (χ1n) is 9.82. The molecule has 1 aliphatic carbocycles. The third kappa shape index (κ3) is 3.53. The molecule has 2 aliphatic rings. The fraction of sp³-hybridized carbons (Fsp3) is 0.800. The number of carbonyl (C=O) groups excluding carboxylic acids is 2. The van der Waals surface area contributed by atoms with Crippen molar-refractivity contribution in [1.29, 1.82) is 0 Å². The molecule has 3 rings (SSSR count). The van der Waals surface area contributed by atoms with Gasteiger partial charge >= 0.3 is 0 Å². The maximum atomic E-state index is 13.3. The van der Waals surface area contributed by atoms with Crippen molar-refractivity contribution in [2.24, 2.45) is 10.8 Å². The van der Waals surface area contributed by atoms with Gasteiger partial charge in [0.05, 0.1) is 11.7 Å². The van der Waals surface area contributed by atoms with Crippen LogP contribution in [0.25, 0.3) is 0 Å². The minimum Gasteiger partial charge on any atom is -0.396 e. The summed E-state index contributed by atoms with van der Waals surface area (Å²) < 4.78 is 1.68. The molecule has 7 heteroatoms. The number of aliphatic hydroxyl groups excluding tert-OH is 1. The van der Waals surface area contributed by atoms with E-state index in [9.17, 15) is 14.7 Å². The van der Waals surface area contributed by atoms with Crippen LogP contribution in [0.15, 0.2) is 6.20 Å². The van der Waals surface area contributed by atoms with Gasteiger partial charge in [-0.15, -0.1) is 5.10 Å². The van der Waals surface area contributed by atoms with Gasteiger partial charge in [0.25, 0.3) is 0 Å². The van der Waals surface area contributed by atoms with Crippen molar-refractivity contribution < 1.29 is 14.7 Å². The van der Waals surface area contributed by atoms with Crippen LogP contribution in [0, 0.1) is 10.8 Å². The Balaban J connectivity index is 1.86. The first-order valence-corrected chi connectivity index (χ1v) is 9.82. The van der Waals surface area contributed by atoms with E-state index in [-0.39, 0.29) is 34.8 Å². The fourth-order valence-electron chi connectivity index (χ4n) is 5.05. The number of nitrogens with zero attached hydrogens (tertiary/aromatic N) is 4. The van der Waals surface area contributed by atoms with Crippen molar-refractivity contribution in [1.82, 2.24) is 19.9 Å². The van der Waals surface area contributed by atoms with Crippen LogP contribution in [0.1, 0.15) is 72.0 Å². The molecule has 2 fully saturated rings. The lowest BCUT2D eigenvalue weighted by atomic mass is 9.53. The topological polar surface area (TPSA) is 88.3 Å². The van der Waals surface area contributed by atoms with Crippen molar-refractivity contribution in [2.75, 3.05) is 13.2 Å². The molecule has 0 bridgehead atoms. The first-order chi connectivity index (χ1) is 12.5. The number of hydrogen-bond donors (Lipinski definition) is 1. The molecule has 0 aromatic carbocycles. The number of aliphatic hydroxyl groups is 1. The summed E-state index contributed by atoms with van der Waals surface area (Å²) in [5, 5.41) is 18.2. The molecular weight excluding hydrogens is 344 g/mol. The molecule has 1 saturated heterocycles. The predicted octanol–water partition coefficient (Wildman–Crippen LogP) is 2.11. The molecule has 2 unspecified atom stereocenters. The van der Waals surface area contributed by atoms with E-state index in [1.807, 2.05) is 27.0 Å². The van der Waals surface area contributed by atoms with Crippen molar-refractivity contribution in [3.63, 3.8) is 0 Å². The SMILES string of the molecule is CC1(CO)CC(C)(c2cn(C(C(=O)N3CCCC3C=O)C(C)(C)C)nn2)C1. The maximum Gasteiger partial charge on any atom is 0.248 e. The van der Waals surface area contributed by atoms with Crippen LogP contribution in [0.2, 0.25) is 0 Å². The highest BCUT2D eigenvalue weighted by atomic mass is 16.3. The predicted molar refractivity (Wildman–Crippen MR) is 101 cm³/mol. The third-order valence-electron chi connectivity index (χ3n) is 6.20. The third-order valence-corrected chi connectivity index (χ3v) is 6.20. The van der Waals surface area contributed by atoms with E-state index in [1.54, 1.807) is 9.58 Å². The minimum absolute atomic E-state index is 0.0625. The average molecular weight is 377 g/mol. The van der Waals surface area contributed by atoms with E-state index in [0.29, 0.717) is 6.54 Å². The Hall–Kier alpha value is -1.76. The monoisotopic (exact) mass is 376 g/mol. The van der Waals surface area contributed by atoms with Crippen molar-refractivity contribution >= 4 is 12.2 Å². The molecule has 0 radical (unpaired) electrons. The summed E-state index contributed by atoms with van der Waals surface area (Å²) >= 11 is 0. The Morgan fingerprint density at radius 2 is 2.07 bits per heavy atom. The standard InChI is InChI=1S/C20H32N4O3/c1-18(2,3)16(17(27)23-8-6-7-14(23)10-25)24-9-15(21-22-24)20(5)11-19(4,12-20)13-26/h9-10,14,16,26H,6-8,11-13H2,1-5H3. The normalized spacial score (nSPS) is 32.2. The fourth-order valence-corrected chi connectivity index (χ4v) is 5.05. The average Bonchev–Trinajstić information content (AvgIpc) is 3.21. The molecule has 1 aromatic heterocycles. The lowest BCUT2D eigenvalue weighted by molar-refractivity contribution is -0.141. The highest BCUT2D eigenvalue weighted by molar-refractivity contribution is 5.84. The zero-order chi connectivity index (χ0) is 20.0. The number of hydrogen-bond acceptors (Lipinski definition) is 5. The summed E-state index contributed by atoms with van der Waals surface area (Å²) in [6, 6.07) is -0.841. The van der Waals surface area contributed by atoms with Crippen molar-refractivity contribution in [3.05, 3.63) is 11.9 Å². The molecule has 27 heavy (non-hydrogen) atoms. The largest absolute Gasteiger partial charge is 0.396 e. The van der Waals surface area contributed by atoms with Gasteiger partial charge in [0.15, 0.2) is 0 Å². The van der Waals surface area contributed by atoms with Crippen molar-refractivity contribution in [2.45, 2.75) is 77.8 Å². The van der Waals surface area contributed by atoms with E-state index in [0.717, 1.165) is 37.7 Å². The summed E-state index contributed by atoms with van der Waals surface area (Å²) in [4.78, 5) is 26.3. The Morgan fingerprint density at radius 1 is 1.41 bits per heavy atom. The van der Waals surface area contributed by atoms with Gasteiger partial charge in [0.1, 0.15) is 12.3 Å². The first kappa shape index (κ1) is 20.0. The summed E-state index contributed by atoms with van der Waals surface area (Å²) in [5.41, 5.74) is 0.312. The van der Waals surface area contributed by atoms with Crippen LogP contribution < -0.4 is 0 Å². The van der Waals surface area contributed by atoms with Gasteiger partial charge in [0.2, 0.25) is 5.91 Å². The second-order valence-electron chi connectivity index (χ2n) is 10.1. The van der Waals surface area contributed by atoms with Gasteiger partial charge in [-0.2, -0.15) is 0 Å². The molecule has 7 nitrogen and oxygen atoms in total. The van der Waals surface area contributed by atoms with E-state index in [1.165, 1.54) is 0 Å². The molecule has 1 saturated carbocycles. The molecular formula is C20H32N4O3. The van der Waals surface area contributed by atoms with E-state index in [4.69, 9.17) is 0 Å². The van der Waals surface area contributed by atoms with Crippen LogP contribution in [-0.2, 0) is 15.0 Å². The number of aldehydes is 1. The number of amides is 1. The Morgan fingerprint density at radius 3 is 2.63 bits per heavy atom. The van der Waals surface area contributed by atoms with Gasteiger partial charge in [-0.3, -0.25) is 4.79 Å². The zero-order valence-electron chi connectivity index (χ0n) is 17.1. The number of rotatable bonds is 5. The molecule has 1 amide bonds. The smallest absolute Gasteiger partial charge is 0.248 e.